The number of nitrogens with zero attached hydrogens (tertiary/aromatic N) is 4. The molecule has 3 aromatic rings. The van der Waals surface area contributed by atoms with Crippen LogP contribution >= 0.6 is 0 Å². The number of fused-ring (bicyclic) bond motifs is 1. The lowest BCUT2D eigenvalue weighted by atomic mass is 10.1. The Kier molecular flexibility index (Phi) is 5.73. The second-order valence-corrected chi connectivity index (χ2v) is 7.25. The number of imidazole rings is 1. The van der Waals surface area contributed by atoms with Gasteiger partial charge in [0.2, 0.25) is 5.95 Å². The standard InChI is InChI=1S/C21H28N6O/c1-28-18-6-10-23-17(14-18)15-27-20-5-3-2-4-19(20)25-21(27)24-16-7-11-26(12-8-16)13-9-22/h2-6,10,14,16H,7-9,11-13,15,22H2,1H3,(H,24,25). The van der Waals surface area contributed by atoms with Gasteiger partial charge < -0.3 is 25.3 Å². The van der Waals surface area contributed by atoms with Gasteiger partial charge in [-0.25, -0.2) is 4.98 Å². The van der Waals surface area contributed by atoms with Crippen molar-refractivity contribution in [2.45, 2.75) is 25.4 Å². The van der Waals surface area contributed by atoms with E-state index in [2.05, 4.69) is 38.0 Å². The number of piperidine rings is 1. The van der Waals surface area contributed by atoms with E-state index in [0.717, 1.165) is 67.4 Å². The lowest BCUT2D eigenvalue weighted by molar-refractivity contribution is 0.224. The third-order valence-electron chi connectivity index (χ3n) is 5.36. The van der Waals surface area contributed by atoms with Gasteiger partial charge in [-0.1, -0.05) is 12.1 Å². The van der Waals surface area contributed by atoms with E-state index in [1.54, 1.807) is 13.3 Å². The summed E-state index contributed by atoms with van der Waals surface area (Å²) in [6.45, 7) is 4.50. The van der Waals surface area contributed by atoms with Crippen LogP contribution in [0.5, 0.6) is 5.75 Å². The van der Waals surface area contributed by atoms with Gasteiger partial charge in [0.15, 0.2) is 0 Å². The van der Waals surface area contributed by atoms with Crippen LogP contribution in [0.4, 0.5) is 5.95 Å². The monoisotopic (exact) mass is 380 g/mol. The van der Waals surface area contributed by atoms with Gasteiger partial charge in [-0.2, -0.15) is 0 Å². The predicted molar refractivity (Wildman–Crippen MR) is 112 cm³/mol. The second kappa shape index (κ2) is 8.58. The lowest BCUT2D eigenvalue weighted by Crippen LogP contribution is -2.41. The Morgan fingerprint density at radius 3 is 2.82 bits per heavy atom. The fourth-order valence-electron chi connectivity index (χ4n) is 3.84. The van der Waals surface area contributed by atoms with Gasteiger partial charge in [0, 0.05) is 44.5 Å². The van der Waals surface area contributed by atoms with Crippen molar-refractivity contribution in [1.82, 2.24) is 19.4 Å². The first-order valence-corrected chi connectivity index (χ1v) is 9.90. The Morgan fingerprint density at radius 1 is 1.21 bits per heavy atom. The largest absolute Gasteiger partial charge is 0.497 e. The minimum atomic E-state index is 0.419. The van der Waals surface area contributed by atoms with E-state index in [4.69, 9.17) is 15.5 Å². The minimum absolute atomic E-state index is 0.419. The molecular formula is C21H28N6O. The van der Waals surface area contributed by atoms with E-state index in [1.165, 1.54) is 0 Å². The van der Waals surface area contributed by atoms with Gasteiger partial charge in [-0.05, 0) is 31.0 Å². The van der Waals surface area contributed by atoms with Crippen LogP contribution in [0.15, 0.2) is 42.6 Å². The number of pyridine rings is 1. The molecule has 0 bridgehead atoms. The van der Waals surface area contributed by atoms with Crippen molar-refractivity contribution >= 4 is 17.0 Å². The smallest absolute Gasteiger partial charge is 0.204 e. The summed E-state index contributed by atoms with van der Waals surface area (Å²) in [5, 5.41) is 3.69. The first-order chi connectivity index (χ1) is 13.8. The zero-order chi connectivity index (χ0) is 19.3. The lowest BCUT2D eigenvalue weighted by Gasteiger charge is -2.32. The van der Waals surface area contributed by atoms with Gasteiger partial charge in [-0.3, -0.25) is 4.98 Å². The van der Waals surface area contributed by atoms with E-state index >= 15 is 0 Å². The molecule has 0 radical (unpaired) electrons. The number of nitrogens with one attached hydrogen (secondary N) is 1. The summed E-state index contributed by atoms with van der Waals surface area (Å²) in [6, 6.07) is 12.5. The van der Waals surface area contributed by atoms with E-state index in [-0.39, 0.29) is 0 Å². The average molecular weight is 380 g/mol. The van der Waals surface area contributed by atoms with E-state index < -0.39 is 0 Å². The van der Waals surface area contributed by atoms with Crippen LogP contribution in [0, 0.1) is 0 Å². The molecule has 2 aromatic heterocycles. The first kappa shape index (κ1) is 18.7. The molecule has 148 valence electrons. The van der Waals surface area contributed by atoms with Gasteiger partial charge >= 0.3 is 0 Å². The minimum Gasteiger partial charge on any atom is -0.497 e. The number of para-hydroxylation sites is 2. The van der Waals surface area contributed by atoms with Gasteiger partial charge in [0.1, 0.15) is 5.75 Å². The van der Waals surface area contributed by atoms with Crippen molar-refractivity contribution in [3.8, 4) is 5.75 Å². The zero-order valence-electron chi connectivity index (χ0n) is 16.3. The average Bonchev–Trinajstić information content (AvgIpc) is 3.07. The molecule has 3 N–H and O–H groups in total. The highest BCUT2D eigenvalue weighted by Crippen LogP contribution is 2.24. The van der Waals surface area contributed by atoms with E-state index in [1.807, 2.05) is 18.2 Å². The number of hydrogen-bond donors (Lipinski definition) is 2. The van der Waals surface area contributed by atoms with Crippen LogP contribution in [0.1, 0.15) is 18.5 Å². The van der Waals surface area contributed by atoms with Crippen molar-refractivity contribution in [3.05, 3.63) is 48.3 Å². The number of hydrogen-bond acceptors (Lipinski definition) is 6. The molecule has 1 aromatic carbocycles. The molecule has 7 heteroatoms. The van der Waals surface area contributed by atoms with Gasteiger partial charge in [0.05, 0.1) is 30.4 Å². The van der Waals surface area contributed by atoms with Crippen LogP contribution < -0.4 is 15.8 Å². The Bertz CT molecular complexity index is 916. The molecule has 1 fully saturated rings. The molecule has 0 atom stereocenters. The summed E-state index contributed by atoms with van der Waals surface area (Å²) in [5.74, 6) is 1.72. The summed E-state index contributed by atoms with van der Waals surface area (Å²) in [6.07, 6.45) is 3.98. The maximum atomic E-state index is 5.69. The molecule has 28 heavy (non-hydrogen) atoms. The molecule has 7 nitrogen and oxygen atoms in total. The summed E-state index contributed by atoms with van der Waals surface area (Å²) in [5.41, 5.74) is 8.74. The highest BCUT2D eigenvalue weighted by atomic mass is 16.5. The molecule has 0 amide bonds. The quantitative estimate of drug-likeness (QED) is 0.655. The third-order valence-corrected chi connectivity index (χ3v) is 5.36. The Labute approximate surface area is 165 Å². The number of likely N-dealkylation sites (tertiary alicyclic amines) is 1. The molecule has 0 aliphatic carbocycles. The highest BCUT2D eigenvalue weighted by Gasteiger charge is 2.21. The normalized spacial score (nSPS) is 15.8. The van der Waals surface area contributed by atoms with Crippen molar-refractivity contribution < 1.29 is 4.74 Å². The van der Waals surface area contributed by atoms with Crippen molar-refractivity contribution in [3.63, 3.8) is 0 Å². The van der Waals surface area contributed by atoms with Gasteiger partial charge in [-0.15, -0.1) is 0 Å². The number of methoxy groups -OCH3 is 1. The molecule has 4 rings (SSSR count). The van der Waals surface area contributed by atoms with Crippen molar-refractivity contribution in [2.75, 3.05) is 38.6 Å². The SMILES string of the molecule is COc1ccnc(Cn2c(NC3CCN(CCN)CC3)nc3ccccc32)c1. The van der Waals surface area contributed by atoms with Crippen LogP contribution in [0.25, 0.3) is 11.0 Å². The number of aromatic nitrogens is 3. The fraction of sp³-hybridized carbons (Fsp3) is 0.429. The number of rotatable bonds is 7. The Hall–Kier alpha value is -2.64. The van der Waals surface area contributed by atoms with E-state index in [0.29, 0.717) is 12.6 Å². The van der Waals surface area contributed by atoms with Crippen LogP contribution in [-0.4, -0.2) is 58.8 Å². The van der Waals surface area contributed by atoms with Crippen molar-refractivity contribution in [2.24, 2.45) is 5.73 Å². The predicted octanol–water partition coefficient (Wildman–Crippen LogP) is 2.32. The summed E-state index contributed by atoms with van der Waals surface area (Å²) >= 11 is 0. The van der Waals surface area contributed by atoms with Crippen LogP contribution in [0.3, 0.4) is 0 Å². The van der Waals surface area contributed by atoms with E-state index in [9.17, 15) is 0 Å². The summed E-state index contributed by atoms with van der Waals surface area (Å²) < 4.78 is 7.56. The third kappa shape index (κ3) is 4.10. The maximum absolute atomic E-state index is 5.69. The number of benzene rings is 1. The Balaban J connectivity index is 1.57. The first-order valence-electron chi connectivity index (χ1n) is 9.90. The molecule has 0 spiro atoms. The number of ether oxygens (including phenoxy) is 1. The fourth-order valence-corrected chi connectivity index (χ4v) is 3.84. The summed E-state index contributed by atoms with van der Waals surface area (Å²) in [4.78, 5) is 11.8. The maximum Gasteiger partial charge on any atom is 0.204 e. The van der Waals surface area contributed by atoms with Gasteiger partial charge in [0.25, 0.3) is 0 Å². The van der Waals surface area contributed by atoms with Crippen LogP contribution in [0.2, 0.25) is 0 Å². The molecule has 0 saturated carbocycles. The number of anilines is 1. The molecule has 1 aliphatic rings. The Morgan fingerprint density at radius 2 is 2.04 bits per heavy atom. The zero-order valence-corrected chi connectivity index (χ0v) is 16.3. The van der Waals surface area contributed by atoms with Crippen molar-refractivity contribution in [1.29, 1.82) is 0 Å². The highest BCUT2D eigenvalue weighted by molar-refractivity contribution is 5.78. The molecule has 1 saturated heterocycles. The molecule has 1 aliphatic heterocycles. The molecule has 0 unspecified atom stereocenters. The summed E-state index contributed by atoms with van der Waals surface area (Å²) in [7, 11) is 1.68. The number of nitrogens with two attached hydrogens (primary N) is 1. The topological polar surface area (TPSA) is 81.2 Å². The second-order valence-electron chi connectivity index (χ2n) is 7.25. The molecule has 3 heterocycles. The van der Waals surface area contributed by atoms with Crippen LogP contribution in [-0.2, 0) is 6.54 Å². The molecular weight excluding hydrogens is 352 g/mol.